The van der Waals surface area contributed by atoms with Gasteiger partial charge in [0.05, 0.1) is 12.7 Å². The maximum atomic E-state index is 12.0. The summed E-state index contributed by atoms with van der Waals surface area (Å²) in [6.45, 7) is 3.33. The topological polar surface area (TPSA) is 68.8 Å². The number of hydrogen-bond acceptors (Lipinski definition) is 5. The number of carbonyl (C=O) groups is 1. The van der Waals surface area contributed by atoms with Crippen LogP contribution in [0.5, 0.6) is 5.75 Å². The fraction of sp³-hybridized carbons (Fsp3) is 0.562. The number of alkyl carbamates (subject to hydrolysis) is 1. The molecule has 1 heterocycles. The molecule has 0 unspecified atom stereocenters. The van der Waals surface area contributed by atoms with Crippen LogP contribution in [0.1, 0.15) is 19.8 Å². The first-order valence-electron chi connectivity index (χ1n) is 7.99. The van der Waals surface area contributed by atoms with Gasteiger partial charge in [-0.15, -0.1) is 0 Å². The Morgan fingerprint density at radius 2 is 2.08 bits per heavy atom. The standard InChI is InChI=1S/C16H21Cl3N2O4/c1-2-23-12-7-5-11(6-8-12)20-14(16(17,18)19)21-15(22)25-10-13-4-3-9-24-13/h5-8,13-14,20H,2-4,9-10H2,1H3,(H,21,22)/t13-,14+/m1/s1. The summed E-state index contributed by atoms with van der Waals surface area (Å²) in [5, 5.41) is 5.47. The molecule has 1 aliphatic rings. The summed E-state index contributed by atoms with van der Waals surface area (Å²) in [6.07, 6.45) is 0.0888. The average Bonchev–Trinajstić information content (AvgIpc) is 3.07. The van der Waals surface area contributed by atoms with E-state index in [1.165, 1.54) is 0 Å². The normalized spacial score (nSPS) is 18.5. The van der Waals surface area contributed by atoms with Gasteiger partial charge in [-0.3, -0.25) is 5.32 Å². The number of nitrogens with one attached hydrogen (secondary N) is 2. The minimum absolute atomic E-state index is 0.0731. The number of halogens is 3. The van der Waals surface area contributed by atoms with Gasteiger partial charge in [-0.2, -0.15) is 0 Å². The molecule has 6 nitrogen and oxygen atoms in total. The van der Waals surface area contributed by atoms with Crippen LogP contribution in [-0.4, -0.2) is 42.0 Å². The average molecular weight is 412 g/mol. The molecule has 1 aromatic rings. The van der Waals surface area contributed by atoms with Crippen LogP contribution >= 0.6 is 34.8 Å². The van der Waals surface area contributed by atoms with Gasteiger partial charge < -0.3 is 19.5 Å². The number of carbonyl (C=O) groups excluding carboxylic acids is 1. The van der Waals surface area contributed by atoms with Crippen molar-refractivity contribution in [3.05, 3.63) is 24.3 Å². The van der Waals surface area contributed by atoms with Crippen LogP contribution < -0.4 is 15.4 Å². The van der Waals surface area contributed by atoms with Gasteiger partial charge in [0.25, 0.3) is 0 Å². The van der Waals surface area contributed by atoms with Crippen LogP contribution in [0.4, 0.5) is 10.5 Å². The molecular weight excluding hydrogens is 391 g/mol. The van der Waals surface area contributed by atoms with E-state index in [1.807, 2.05) is 6.92 Å². The van der Waals surface area contributed by atoms with Gasteiger partial charge in [0, 0.05) is 12.3 Å². The minimum Gasteiger partial charge on any atom is -0.494 e. The number of amides is 1. The molecule has 1 fully saturated rings. The van der Waals surface area contributed by atoms with Crippen molar-refractivity contribution in [1.82, 2.24) is 5.32 Å². The lowest BCUT2D eigenvalue weighted by Crippen LogP contribution is -2.49. The number of rotatable bonds is 7. The zero-order valence-electron chi connectivity index (χ0n) is 13.8. The number of ether oxygens (including phenoxy) is 3. The molecule has 1 saturated heterocycles. The van der Waals surface area contributed by atoms with E-state index in [-0.39, 0.29) is 12.7 Å². The van der Waals surface area contributed by atoms with Crippen LogP contribution in [0.3, 0.4) is 0 Å². The predicted molar refractivity (Wildman–Crippen MR) is 98.8 cm³/mol. The number of benzene rings is 1. The predicted octanol–water partition coefficient (Wildman–Crippen LogP) is 4.10. The van der Waals surface area contributed by atoms with Crippen LogP contribution in [0.15, 0.2) is 24.3 Å². The van der Waals surface area contributed by atoms with Crippen molar-refractivity contribution >= 4 is 46.6 Å². The second-order valence-corrected chi connectivity index (χ2v) is 7.82. The summed E-state index contributed by atoms with van der Waals surface area (Å²) in [7, 11) is 0. The third-order valence-electron chi connectivity index (χ3n) is 3.49. The second kappa shape index (κ2) is 9.57. The summed E-state index contributed by atoms with van der Waals surface area (Å²) in [4.78, 5) is 12.0. The van der Waals surface area contributed by atoms with Gasteiger partial charge in [-0.05, 0) is 44.0 Å². The van der Waals surface area contributed by atoms with Gasteiger partial charge >= 0.3 is 6.09 Å². The van der Waals surface area contributed by atoms with E-state index in [1.54, 1.807) is 24.3 Å². The second-order valence-electron chi connectivity index (χ2n) is 5.45. The van der Waals surface area contributed by atoms with Crippen LogP contribution in [0, 0.1) is 0 Å². The molecular formula is C16H21Cl3N2O4. The fourth-order valence-corrected chi connectivity index (χ4v) is 2.61. The fourth-order valence-electron chi connectivity index (χ4n) is 2.28. The highest BCUT2D eigenvalue weighted by Crippen LogP contribution is 2.31. The Kier molecular flexibility index (Phi) is 7.75. The zero-order chi connectivity index (χ0) is 18.3. The Hall–Kier alpha value is -1.08. The molecule has 1 amide bonds. The van der Waals surface area contributed by atoms with Gasteiger partial charge in [-0.1, -0.05) is 34.8 Å². The molecule has 0 aromatic heterocycles. The first-order chi connectivity index (χ1) is 11.9. The molecule has 2 rings (SSSR count). The van der Waals surface area contributed by atoms with E-state index in [0.717, 1.165) is 18.6 Å². The van der Waals surface area contributed by atoms with E-state index < -0.39 is 16.1 Å². The lowest BCUT2D eigenvalue weighted by Gasteiger charge is -2.27. The SMILES string of the molecule is CCOc1ccc(N[C@@H](NC(=O)OC[C@H]2CCCO2)C(Cl)(Cl)Cl)cc1. The van der Waals surface area contributed by atoms with Crippen LogP contribution in [-0.2, 0) is 9.47 Å². The Balaban J connectivity index is 1.90. The monoisotopic (exact) mass is 410 g/mol. The zero-order valence-corrected chi connectivity index (χ0v) is 16.0. The molecule has 25 heavy (non-hydrogen) atoms. The molecule has 1 aliphatic heterocycles. The van der Waals surface area contributed by atoms with E-state index in [0.29, 0.717) is 18.9 Å². The highest BCUT2D eigenvalue weighted by atomic mass is 35.6. The van der Waals surface area contributed by atoms with Gasteiger partial charge in [0.15, 0.2) is 0 Å². The third-order valence-corrected chi connectivity index (χ3v) is 4.14. The van der Waals surface area contributed by atoms with Crippen molar-refractivity contribution in [3.63, 3.8) is 0 Å². The third kappa shape index (κ3) is 6.98. The maximum Gasteiger partial charge on any atom is 0.408 e. The molecule has 2 atom stereocenters. The smallest absolute Gasteiger partial charge is 0.408 e. The molecule has 0 radical (unpaired) electrons. The van der Waals surface area contributed by atoms with Gasteiger partial charge in [0.2, 0.25) is 3.79 Å². The Morgan fingerprint density at radius 1 is 1.36 bits per heavy atom. The van der Waals surface area contributed by atoms with Crippen LogP contribution in [0.25, 0.3) is 0 Å². The molecule has 0 aliphatic carbocycles. The quantitative estimate of drug-likeness (QED) is 0.522. The van der Waals surface area contributed by atoms with Gasteiger partial charge in [-0.25, -0.2) is 4.79 Å². The van der Waals surface area contributed by atoms with Crippen LogP contribution in [0.2, 0.25) is 0 Å². The Labute approximate surface area is 162 Å². The van der Waals surface area contributed by atoms with Crippen molar-refractivity contribution in [2.75, 3.05) is 25.1 Å². The molecule has 9 heteroatoms. The van der Waals surface area contributed by atoms with Crippen molar-refractivity contribution in [2.24, 2.45) is 0 Å². The summed E-state index contributed by atoms with van der Waals surface area (Å²) in [5.74, 6) is 0.724. The Morgan fingerprint density at radius 3 is 2.64 bits per heavy atom. The highest BCUT2D eigenvalue weighted by molar-refractivity contribution is 6.68. The summed E-state index contributed by atoms with van der Waals surface area (Å²) < 4.78 is 14.1. The van der Waals surface area contributed by atoms with Crippen molar-refractivity contribution < 1.29 is 19.0 Å². The lowest BCUT2D eigenvalue weighted by molar-refractivity contribution is 0.0432. The first-order valence-corrected chi connectivity index (χ1v) is 9.13. The largest absolute Gasteiger partial charge is 0.494 e. The van der Waals surface area contributed by atoms with Crippen molar-refractivity contribution in [2.45, 2.75) is 35.8 Å². The highest BCUT2D eigenvalue weighted by Gasteiger charge is 2.34. The van der Waals surface area contributed by atoms with Gasteiger partial charge in [0.1, 0.15) is 18.5 Å². The maximum absolute atomic E-state index is 12.0. The number of alkyl halides is 3. The summed E-state index contributed by atoms with van der Waals surface area (Å²) in [6, 6.07) is 7.07. The molecule has 0 spiro atoms. The molecule has 2 N–H and O–H groups in total. The number of hydrogen-bond donors (Lipinski definition) is 2. The minimum atomic E-state index is -1.78. The Bertz CT molecular complexity index is 545. The van der Waals surface area contributed by atoms with Crippen molar-refractivity contribution in [3.8, 4) is 5.75 Å². The van der Waals surface area contributed by atoms with Crippen molar-refractivity contribution in [1.29, 1.82) is 0 Å². The lowest BCUT2D eigenvalue weighted by atomic mass is 10.2. The van der Waals surface area contributed by atoms with E-state index in [4.69, 9.17) is 49.0 Å². The first kappa shape index (κ1) is 20.2. The summed E-state index contributed by atoms with van der Waals surface area (Å²) in [5.41, 5.74) is 0.652. The molecule has 1 aromatic carbocycles. The summed E-state index contributed by atoms with van der Waals surface area (Å²) >= 11 is 17.9. The van der Waals surface area contributed by atoms with E-state index >= 15 is 0 Å². The van der Waals surface area contributed by atoms with E-state index in [9.17, 15) is 4.79 Å². The van der Waals surface area contributed by atoms with E-state index in [2.05, 4.69) is 10.6 Å². The molecule has 0 saturated carbocycles. The molecule has 140 valence electrons. The number of anilines is 1. The molecule has 0 bridgehead atoms.